The Morgan fingerprint density at radius 3 is 2.12 bits per heavy atom. The number of benzene rings is 2. The van der Waals surface area contributed by atoms with Gasteiger partial charge in [0, 0.05) is 10.9 Å². The lowest BCUT2D eigenvalue weighted by Crippen LogP contribution is -2.22. The van der Waals surface area contributed by atoms with Gasteiger partial charge in [0.2, 0.25) is 0 Å². The number of rotatable bonds is 3. The molecule has 5 heteroatoms. The highest BCUT2D eigenvalue weighted by Crippen LogP contribution is 2.37. The number of phenolic OH excluding ortho intramolecular Hbond substituents is 1. The predicted octanol–water partition coefficient (Wildman–Crippen LogP) is 5.77. The van der Waals surface area contributed by atoms with Gasteiger partial charge in [-0.3, -0.25) is 0 Å². The lowest BCUT2D eigenvalue weighted by atomic mass is 9.84. The first-order valence-electron chi connectivity index (χ1n) is 8.63. The van der Waals surface area contributed by atoms with Crippen molar-refractivity contribution in [3.8, 4) is 5.75 Å². The summed E-state index contributed by atoms with van der Waals surface area (Å²) in [6.45, 7) is 11.8. The SMILES string of the molecule is Cc1cccc(C(F)(F)F)c1Pc1cc(C(C)C)cc(C(C)(C)C)c1O. The van der Waals surface area contributed by atoms with Gasteiger partial charge in [-0.2, -0.15) is 13.2 Å². The molecule has 2 aromatic rings. The molecule has 0 bridgehead atoms. The van der Waals surface area contributed by atoms with Gasteiger partial charge < -0.3 is 5.11 Å². The highest BCUT2D eigenvalue weighted by molar-refractivity contribution is 7.56. The van der Waals surface area contributed by atoms with Gasteiger partial charge in [0.05, 0.1) is 5.56 Å². The van der Waals surface area contributed by atoms with E-state index in [0.717, 1.165) is 17.2 Å². The molecule has 0 saturated carbocycles. The summed E-state index contributed by atoms with van der Waals surface area (Å²) >= 11 is 0. The predicted molar refractivity (Wildman–Crippen MR) is 105 cm³/mol. The largest absolute Gasteiger partial charge is 0.507 e. The van der Waals surface area contributed by atoms with E-state index in [0.29, 0.717) is 10.9 Å². The molecule has 26 heavy (non-hydrogen) atoms. The molecule has 2 aromatic carbocycles. The van der Waals surface area contributed by atoms with E-state index in [1.807, 2.05) is 46.8 Å². The Morgan fingerprint density at radius 1 is 1.00 bits per heavy atom. The Hall–Kier alpha value is -1.54. The third-order valence-electron chi connectivity index (χ3n) is 4.44. The fraction of sp³-hybridized carbons (Fsp3) is 0.429. The first-order chi connectivity index (χ1) is 11.8. The molecule has 0 saturated heterocycles. The Balaban J connectivity index is 2.67. The summed E-state index contributed by atoms with van der Waals surface area (Å²) in [4.78, 5) is 0. The zero-order chi connectivity index (χ0) is 19.9. The first-order valence-corrected chi connectivity index (χ1v) is 9.63. The highest BCUT2D eigenvalue weighted by atomic mass is 31.1. The summed E-state index contributed by atoms with van der Waals surface area (Å²) in [6, 6.07) is 8.04. The molecule has 0 amide bonds. The third-order valence-corrected chi connectivity index (χ3v) is 6.01. The molecule has 0 aliphatic rings. The molecule has 0 heterocycles. The van der Waals surface area contributed by atoms with Crippen molar-refractivity contribution < 1.29 is 18.3 Å². The van der Waals surface area contributed by atoms with Crippen LogP contribution in [0.4, 0.5) is 13.2 Å². The first kappa shape index (κ1) is 20.8. The van der Waals surface area contributed by atoms with Gasteiger partial charge >= 0.3 is 6.18 Å². The van der Waals surface area contributed by atoms with E-state index >= 15 is 0 Å². The average Bonchev–Trinajstić information content (AvgIpc) is 2.48. The molecular formula is C21H26F3OP. The maximum Gasteiger partial charge on any atom is 0.417 e. The van der Waals surface area contributed by atoms with Crippen molar-refractivity contribution in [1.29, 1.82) is 0 Å². The lowest BCUT2D eigenvalue weighted by molar-refractivity contribution is -0.136. The van der Waals surface area contributed by atoms with Crippen molar-refractivity contribution in [2.45, 2.75) is 59.1 Å². The fourth-order valence-corrected chi connectivity index (χ4v) is 4.26. The molecule has 142 valence electrons. The number of phenols is 1. The summed E-state index contributed by atoms with van der Waals surface area (Å²) < 4.78 is 40.3. The number of alkyl halides is 3. The number of aryl methyl sites for hydroxylation is 1. The minimum atomic E-state index is -4.41. The highest BCUT2D eigenvalue weighted by Gasteiger charge is 2.34. The second-order valence-corrected chi connectivity index (χ2v) is 9.28. The second kappa shape index (κ2) is 7.23. The van der Waals surface area contributed by atoms with Gasteiger partial charge in [-0.05, 0) is 46.8 Å². The van der Waals surface area contributed by atoms with Crippen LogP contribution in [0.25, 0.3) is 0 Å². The van der Waals surface area contributed by atoms with E-state index in [2.05, 4.69) is 0 Å². The number of aromatic hydroxyl groups is 1. The Kier molecular flexibility index (Phi) is 5.77. The topological polar surface area (TPSA) is 20.2 Å². The van der Waals surface area contributed by atoms with E-state index in [1.165, 1.54) is 6.07 Å². The summed E-state index contributed by atoms with van der Waals surface area (Å²) in [7, 11) is -0.259. The maximum atomic E-state index is 13.4. The Bertz CT molecular complexity index is 802. The van der Waals surface area contributed by atoms with Gasteiger partial charge in [0.15, 0.2) is 0 Å². The van der Waals surface area contributed by atoms with Crippen LogP contribution in [0.5, 0.6) is 5.75 Å². The molecule has 1 nitrogen and oxygen atoms in total. The van der Waals surface area contributed by atoms with Gasteiger partial charge in [-0.15, -0.1) is 0 Å². The quantitative estimate of drug-likeness (QED) is 0.668. The third kappa shape index (κ3) is 4.40. The molecule has 1 N–H and O–H groups in total. The summed E-state index contributed by atoms with van der Waals surface area (Å²) in [5.41, 5.74) is 1.46. The minimum absolute atomic E-state index is 0.108. The maximum absolute atomic E-state index is 13.4. The summed E-state index contributed by atoms with van der Waals surface area (Å²) in [6.07, 6.45) is -4.41. The number of halogens is 3. The summed E-state index contributed by atoms with van der Waals surface area (Å²) in [5, 5.41) is 11.6. The van der Waals surface area contributed by atoms with E-state index in [9.17, 15) is 18.3 Å². The molecule has 0 aliphatic heterocycles. The van der Waals surface area contributed by atoms with Gasteiger partial charge in [0.25, 0.3) is 0 Å². The molecule has 0 radical (unpaired) electrons. The van der Waals surface area contributed by atoms with Crippen LogP contribution in [-0.2, 0) is 11.6 Å². The zero-order valence-electron chi connectivity index (χ0n) is 16.0. The number of hydrogen-bond acceptors (Lipinski definition) is 1. The van der Waals surface area contributed by atoms with Crippen molar-refractivity contribution in [3.05, 3.63) is 52.6 Å². The molecule has 0 aliphatic carbocycles. The average molecular weight is 382 g/mol. The van der Waals surface area contributed by atoms with E-state index in [1.54, 1.807) is 13.0 Å². The van der Waals surface area contributed by atoms with E-state index in [4.69, 9.17) is 0 Å². The van der Waals surface area contributed by atoms with Crippen LogP contribution in [0.2, 0.25) is 0 Å². The van der Waals surface area contributed by atoms with Crippen LogP contribution in [0.3, 0.4) is 0 Å². The van der Waals surface area contributed by atoms with Crippen molar-refractivity contribution >= 4 is 19.2 Å². The van der Waals surface area contributed by atoms with Crippen LogP contribution in [0.1, 0.15) is 62.8 Å². The number of hydrogen-bond donors (Lipinski definition) is 1. The van der Waals surface area contributed by atoms with Gasteiger partial charge in [-0.1, -0.05) is 61.4 Å². The van der Waals surface area contributed by atoms with Crippen molar-refractivity contribution in [2.24, 2.45) is 0 Å². The van der Waals surface area contributed by atoms with Gasteiger partial charge in [-0.25, -0.2) is 0 Å². The smallest absolute Gasteiger partial charge is 0.417 e. The van der Waals surface area contributed by atoms with E-state index in [-0.39, 0.29) is 31.0 Å². The Morgan fingerprint density at radius 2 is 1.62 bits per heavy atom. The molecule has 0 aromatic heterocycles. The molecule has 2 rings (SSSR count). The summed E-state index contributed by atoms with van der Waals surface area (Å²) in [5.74, 6) is 0.329. The van der Waals surface area contributed by atoms with Crippen LogP contribution in [0, 0.1) is 6.92 Å². The fourth-order valence-electron chi connectivity index (χ4n) is 2.86. The van der Waals surface area contributed by atoms with E-state index < -0.39 is 11.7 Å². The minimum Gasteiger partial charge on any atom is -0.507 e. The zero-order valence-corrected chi connectivity index (χ0v) is 17.0. The lowest BCUT2D eigenvalue weighted by Gasteiger charge is -2.25. The van der Waals surface area contributed by atoms with Crippen LogP contribution < -0.4 is 10.6 Å². The molecule has 1 atom stereocenters. The van der Waals surface area contributed by atoms with Gasteiger partial charge in [0.1, 0.15) is 5.75 Å². The normalized spacial score (nSPS) is 13.2. The van der Waals surface area contributed by atoms with Crippen molar-refractivity contribution in [1.82, 2.24) is 0 Å². The molecule has 0 spiro atoms. The standard InChI is InChI=1S/C21H26F3OP/c1-12(2)14-10-16(20(4,5)6)18(25)17(11-14)26-19-13(3)8-7-9-15(19)21(22,23)24/h7-12,25-26H,1-6H3. The van der Waals surface area contributed by atoms with Crippen molar-refractivity contribution in [2.75, 3.05) is 0 Å². The molecule has 1 unspecified atom stereocenters. The van der Waals surface area contributed by atoms with Crippen LogP contribution >= 0.6 is 8.58 Å². The Labute approximate surface area is 155 Å². The second-order valence-electron chi connectivity index (χ2n) is 7.99. The monoisotopic (exact) mass is 382 g/mol. The van der Waals surface area contributed by atoms with Crippen molar-refractivity contribution in [3.63, 3.8) is 0 Å². The molecule has 0 fully saturated rings. The van der Waals surface area contributed by atoms with Crippen LogP contribution in [-0.4, -0.2) is 5.11 Å². The molecular weight excluding hydrogens is 356 g/mol. The van der Waals surface area contributed by atoms with Crippen LogP contribution in [0.15, 0.2) is 30.3 Å².